The third-order valence-corrected chi connectivity index (χ3v) is 10.5. The summed E-state index contributed by atoms with van der Waals surface area (Å²) in [5.41, 5.74) is 7.40. The number of nitrogens with one attached hydrogen (secondary N) is 2. The predicted octanol–water partition coefficient (Wildman–Crippen LogP) is 3.68. The van der Waals surface area contributed by atoms with E-state index in [1.54, 1.807) is 37.7 Å². The third kappa shape index (κ3) is 12.0. The Labute approximate surface area is 311 Å². The first kappa shape index (κ1) is 46.5. The minimum absolute atomic E-state index is 0.0661. The second-order valence-electron chi connectivity index (χ2n) is 14.6. The van der Waals surface area contributed by atoms with Gasteiger partial charge in [-0.15, -0.1) is 0 Å². The van der Waals surface area contributed by atoms with Crippen LogP contribution in [0.4, 0.5) is 0 Å². The largest absolute Gasteiger partial charge is 0.480 e. The molecule has 0 radical (unpaired) electrons. The van der Waals surface area contributed by atoms with Crippen molar-refractivity contribution in [2.45, 2.75) is 130 Å². The monoisotopic (exact) mass is 733 g/mol. The van der Waals surface area contributed by atoms with E-state index in [1.165, 1.54) is 14.2 Å². The van der Waals surface area contributed by atoms with Crippen LogP contribution in [0.5, 0.6) is 0 Å². The molecule has 1 rings (SSSR count). The molecule has 1 unspecified atom stereocenters. The first-order chi connectivity index (χ1) is 24.3. The van der Waals surface area contributed by atoms with Gasteiger partial charge in [0.2, 0.25) is 23.6 Å². The number of carboxylic acids is 1. The van der Waals surface area contributed by atoms with E-state index >= 15 is 0 Å². The number of amides is 4. The van der Waals surface area contributed by atoms with Gasteiger partial charge < -0.3 is 40.7 Å². The lowest BCUT2D eigenvalue weighted by Gasteiger charge is -2.41. The van der Waals surface area contributed by atoms with E-state index in [9.17, 15) is 29.1 Å². The van der Waals surface area contributed by atoms with E-state index in [-0.39, 0.29) is 30.1 Å². The molecule has 1 saturated carbocycles. The van der Waals surface area contributed by atoms with Gasteiger partial charge in [0.25, 0.3) is 0 Å². The predicted molar refractivity (Wildman–Crippen MR) is 203 cm³/mol. The molecule has 13 nitrogen and oxygen atoms in total. The number of hydrogen-bond donors (Lipinski definition) is 4. The highest BCUT2D eigenvalue weighted by molar-refractivity contribution is 5.90. The number of nitrogens with zero attached hydrogens (tertiary/aromatic N) is 2. The molecule has 1 aliphatic carbocycles. The highest BCUT2D eigenvalue weighted by Crippen LogP contribution is 2.40. The zero-order chi connectivity index (χ0) is 40.0. The van der Waals surface area contributed by atoms with Crippen molar-refractivity contribution in [3.05, 3.63) is 36.0 Å². The maximum atomic E-state index is 14.1. The van der Waals surface area contributed by atoms with Crippen molar-refractivity contribution in [1.82, 2.24) is 20.4 Å². The number of aliphatic carboxylic acids is 1. The van der Waals surface area contributed by atoms with Gasteiger partial charge in [0.05, 0.1) is 42.7 Å². The van der Waals surface area contributed by atoms with Gasteiger partial charge in [-0.05, 0) is 49.7 Å². The van der Waals surface area contributed by atoms with E-state index in [4.69, 9.17) is 15.2 Å². The van der Waals surface area contributed by atoms with Gasteiger partial charge in [0.15, 0.2) is 0 Å². The van der Waals surface area contributed by atoms with Crippen molar-refractivity contribution in [2.75, 3.05) is 28.3 Å². The van der Waals surface area contributed by atoms with Gasteiger partial charge in [0, 0.05) is 34.2 Å². The zero-order valence-electron chi connectivity index (χ0n) is 33.6. The van der Waals surface area contributed by atoms with Crippen molar-refractivity contribution < 1.29 is 38.6 Å². The minimum atomic E-state index is -1.16. The summed E-state index contributed by atoms with van der Waals surface area (Å²) in [5, 5.41) is 15.5. The molecule has 0 aromatic rings. The molecule has 0 aromatic carbocycles. The summed E-state index contributed by atoms with van der Waals surface area (Å²) in [4.78, 5) is 69.5. The molecule has 0 bridgehead atoms. The summed E-state index contributed by atoms with van der Waals surface area (Å²) in [6, 6.07) is -3.81. The van der Waals surface area contributed by atoms with Crippen LogP contribution in [0.25, 0.3) is 0 Å². The topological polar surface area (TPSA) is 181 Å². The van der Waals surface area contributed by atoms with Crippen LogP contribution in [0.2, 0.25) is 0 Å². The number of methoxy groups -OCH3 is 2. The molecule has 1 aliphatic rings. The fraction of sp³-hybridized carbons (Fsp3) is 0.718. The second kappa shape index (κ2) is 21.9. The molecule has 52 heavy (non-hydrogen) atoms. The quantitative estimate of drug-likeness (QED) is 0.129. The van der Waals surface area contributed by atoms with Crippen LogP contribution < -0.4 is 16.4 Å². The molecule has 10 atom stereocenters. The van der Waals surface area contributed by atoms with Gasteiger partial charge in [-0.1, -0.05) is 79.2 Å². The van der Waals surface area contributed by atoms with Gasteiger partial charge in [0.1, 0.15) is 12.1 Å². The molecule has 0 heterocycles. The van der Waals surface area contributed by atoms with Crippen molar-refractivity contribution in [1.29, 1.82) is 0 Å². The lowest BCUT2D eigenvalue weighted by molar-refractivity contribution is -0.149. The van der Waals surface area contributed by atoms with Crippen molar-refractivity contribution in [3.8, 4) is 0 Å². The van der Waals surface area contributed by atoms with Crippen molar-refractivity contribution in [3.63, 3.8) is 0 Å². The number of carboxylic acid groups (broad SMARTS) is 1. The summed E-state index contributed by atoms with van der Waals surface area (Å²) in [6.07, 6.45) is 6.49. The maximum absolute atomic E-state index is 14.1. The summed E-state index contributed by atoms with van der Waals surface area (Å²) >= 11 is 0. The Morgan fingerprint density at radius 3 is 2.06 bits per heavy atom. The third-order valence-electron chi connectivity index (χ3n) is 10.5. The number of nitrogens with two attached hydrogens (primary N) is 1. The van der Waals surface area contributed by atoms with E-state index < -0.39 is 72.0 Å². The lowest BCUT2D eigenvalue weighted by atomic mass is 9.71. The molecule has 0 saturated heterocycles. The molecule has 5 N–H and O–H groups in total. The zero-order valence-corrected chi connectivity index (χ0v) is 33.6. The summed E-state index contributed by atoms with van der Waals surface area (Å²) in [6.45, 7) is 18.8. The number of ether oxygens (including phenoxy) is 2. The molecular formula is C39H67N5O8. The molecule has 4 amide bonds. The summed E-state index contributed by atoms with van der Waals surface area (Å²) < 4.78 is 11.8. The first-order valence-corrected chi connectivity index (χ1v) is 18.5. The van der Waals surface area contributed by atoms with Gasteiger partial charge in [-0.25, -0.2) is 4.79 Å². The number of allylic oxidation sites excluding steroid dienone is 4. The molecule has 13 heteroatoms. The van der Waals surface area contributed by atoms with E-state index in [0.29, 0.717) is 31.3 Å². The number of carbonyl (C=O) groups is 5. The second-order valence-corrected chi connectivity index (χ2v) is 14.6. The molecule has 0 spiro atoms. The standard InChI is InChI=1S/C39H67N5O8/c1-14-17-19-27-20-28(24(27)7)33(39(49)50)42-36(46)25(8)35(52-13)29(18-15-2)43(10)31(45)21-30(51-12)34(23(6)16-3)44(11)38(48)32(22(4)5)41-37(47)26(9)40/h14,17,19,22-23,25-26,28-30,32-35H,7,15-16,18,20-21,40H2,1-6,8-13H3,(H,41,47)(H,42,46)(H,49,50)/b17-14-,27-19-/t23-,25+,26?,28-,29-,30+,32-,33+,34-,35+/m0/s1. The Kier molecular flexibility index (Phi) is 19.5. The smallest absolute Gasteiger partial charge is 0.326 e. The number of carbonyl (C=O) groups excluding carboxylic acids is 4. The van der Waals surface area contributed by atoms with Crippen LogP contribution in [0.3, 0.4) is 0 Å². The van der Waals surface area contributed by atoms with Crippen molar-refractivity contribution >= 4 is 29.6 Å². The Bertz CT molecular complexity index is 1300. The maximum Gasteiger partial charge on any atom is 0.326 e. The normalized spacial score (nSPS) is 20.5. The summed E-state index contributed by atoms with van der Waals surface area (Å²) in [5.74, 6) is -4.20. The number of rotatable bonds is 22. The molecular weight excluding hydrogens is 666 g/mol. The van der Waals surface area contributed by atoms with Gasteiger partial charge in [-0.2, -0.15) is 0 Å². The van der Waals surface area contributed by atoms with Crippen LogP contribution in [0.15, 0.2) is 36.0 Å². The van der Waals surface area contributed by atoms with Crippen molar-refractivity contribution in [2.24, 2.45) is 29.4 Å². The van der Waals surface area contributed by atoms with Crippen LogP contribution >= 0.6 is 0 Å². The first-order valence-electron chi connectivity index (χ1n) is 18.5. The Morgan fingerprint density at radius 2 is 1.62 bits per heavy atom. The molecule has 0 aromatic heterocycles. The van der Waals surface area contributed by atoms with Gasteiger partial charge >= 0.3 is 5.97 Å². The summed E-state index contributed by atoms with van der Waals surface area (Å²) in [7, 11) is 6.31. The SMILES string of the molecule is C=C1/C(=C\C=C/C)C[C@@H]1[C@@H](NC(=O)[C@H](C)[C@@H](OC)[C@H](CCC)N(C)C(=O)C[C@@H](OC)[C@H]([C@@H](C)CC)N(C)C(=O)[C@@H](NC(=O)C(C)N)C(C)C)C(=O)O. The Hall–Kier alpha value is -3.55. The van der Waals surface area contributed by atoms with Crippen LogP contribution in [-0.2, 0) is 33.4 Å². The van der Waals surface area contributed by atoms with E-state index in [1.807, 2.05) is 59.8 Å². The van der Waals surface area contributed by atoms with Crippen LogP contribution in [0.1, 0.15) is 87.5 Å². The Morgan fingerprint density at radius 1 is 1.00 bits per heavy atom. The average molecular weight is 734 g/mol. The number of hydrogen-bond acceptors (Lipinski definition) is 8. The van der Waals surface area contributed by atoms with E-state index in [2.05, 4.69) is 17.2 Å². The Balaban J connectivity index is 3.29. The van der Waals surface area contributed by atoms with E-state index in [0.717, 1.165) is 5.57 Å². The lowest BCUT2D eigenvalue weighted by Crippen LogP contribution is -2.59. The number of likely N-dealkylation sites (N-methyl/N-ethyl adjacent to an activating group) is 2. The highest BCUT2D eigenvalue weighted by Gasteiger charge is 2.43. The molecule has 1 fully saturated rings. The van der Waals surface area contributed by atoms with Gasteiger partial charge in [-0.3, -0.25) is 19.2 Å². The van der Waals surface area contributed by atoms with Crippen LogP contribution in [-0.4, -0.2) is 115 Å². The highest BCUT2D eigenvalue weighted by atomic mass is 16.5. The fourth-order valence-electron chi connectivity index (χ4n) is 6.89. The fourth-order valence-corrected chi connectivity index (χ4v) is 6.89. The molecule has 0 aliphatic heterocycles. The average Bonchev–Trinajstić information content (AvgIpc) is 3.10. The minimum Gasteiger partial charge on any atom is -0.480 e. The molecule has 296 valence electrons. The van der Waals surface area contributed by atoms with Crippen LogP contribution in [0, 0.1) is 23.7 Å².